The summed E-state index contributed by atoms with van der Waals surface area (Å²) < 4.78 is 22.8. The average Bonchev–Trinajstić information content (AvgIpc) is 2.87. The first kappa shape index (κ1) is 29.0. The van der Waals surface area contributed by atoms with Crippen molar-refractivity contribution in [1.29, 1.82) is 0 Å². The lowest BCUT2D eigenvalue weighted by Crippen LogP contribution is -2.33. The first-order valence-corrected chi connectivity index (χ1v) is 13.5. The van der Waals surface area contributed by atoms with Crippen LogP contribution in [0.15, 0.2) is 56.5 Å². The van der Waals surface area contributed by atoms with Gasteiger partial charge in [0.25, 0.3) is 5.56 Å². The molecular weight excluding hydrogens is 630 g/mol. The van der Waals surface area contributed by atoms with Gasteiger partial charge < -0.3 is 24.5 Å². The second-order valence-corrected chi connectivity index (χ2v) is 10.7. The largest absolute Gasteiger partial charge is 0.421 e. The third-order valence-electron chi connectivity index (χ3n) is 6.66. The highest BCUT2D eigenvalue weighted by Crippen LogP contribution is 2.36. The van der Waals surface area contributed by atoms with Crippen LogP contribution in [0.5, 0.6) is 0 Å². The molecule has 0 atom stereocenters. The molecule has 2 N–H and O–H groups in total. The monoisotopic (exact) mass is 658 g/mol. The van der Waals surface area contributed by atoms with Crippen molar-refractivity contribution < 1.29 is 18.4 Å². The molecule has 11 heteroatoms. The van der Waals surface area contributed by atoms with Gasteiger partial charge in [0, 0.05) is 54.5 Å². The highest BCUT2D eigenvalue weighted by Gasteiger charge is 2.24. The van der Waals surface area contributed by atoms with E-state index in [1.807, 2.05) is 22.6 Å². The first-order chi connectivity index (χ1) is 18.9. The Balaban J connectivity index is 2.07. The van der Waals surface area contributed by atoms with E-state index in [4.69, 9.17) is 4.42 Å². The molecule has 0 saturated carbocycles. The summed E-state index contributed by atoms with van der Waals surface area (Å²) in [7, 11) is 1.64. The third-order valence-corrected chi connectivity index (χ3v) is 7.34. The summed E-state index contributed by atoms with van der Waals surface area (Å²) >= 11 is 1.99. The lowest BCUT2D eigenvalue weighted by molar-refractivity contribution is -0.127. The first-order valence-electron chi connectivity index (χ1n) is 12.4. The second-order valence-electron chi connectivity index (χ2n) is 9.46. The van der Waals surface area contributed by atoms with Crippen LogP contribution in [-0.4, -0.2) is 34.9 Å². The Labute approximate surface area is 243 Å². The molecule has 0 radical (unpaired) electrons. The standard InChI is InChI=1S/C29H28FIN4O5/c1-15-26(33-23-10-9-20(31)14-22(23)30)25-27(40-29(15)39)24(19-7-6-8-21(13-19)32-17(3)36)16(2)35(28(25)38)12-11-34(5)18(4)37/h6-10,13-14,33H,11-12H2,1-5H3,(H,32,36). The van der Waals surface area contributed by atoms with Crippen LogP contribution in [0.4, 0.5) is 21.5 Å². The van der Waals surface area contributed by atoms with Crippen LogP contribution >= 0.6 is 22.6 Å². The Morgan fingerprint density at radius 2 is 1.82 bits per heavy atom. The molecule has 2 aromatic heterocycles. The summed E-state index contributed by atoms with van der Waals surface area (Å²) in [6.45, 7) is 6.46. The van der Waals surface area contributed by atoms with E-state index in [0.29, 0.717) is 26.1 Å². The molecule has 2 amide bonds. The number of amides is 2. The Kier molecular flexibility index (Phi) is 8.43. The van der Waals surface area contributed by atoms with Gasteiger partial charge >= 0.3 is 5.63 Å². The van der Waals surface area contributed by atoms with E-state index in [1.54, 1.807) is 44.3 Å². The minimum atomic E-state index is -0.687. The molecular formula is C29H28FIN4O5. The smallest absolute Gasteiger partial charge is 0.341 e. The highest BCUT2D eigenvalue weighted by molar-refractivity contribution is 14.1. The SMILES string of the molecule is CC(=O)Nc1cccc(-c2c(C)n(CCN(C)C(C)=O)c(=O)c3c(Nc4ccc(I)cc4F)c(C)c(=O)oc23)c1. The van der Waals surface area contributed by atoms with Crippen LogP contribution in [0.2, 0.25) is 0 Å². The highest BCUT2D eigenvalue weighted by atomic mass is 127. The summed E-state index contributed by atoms with van der Waals surface area (Å²) in [6.07, 6.45) is 0. The van der Waals surface area contributed by atoms with Crippen LogP contribution < -0.4 is 21.8 Å². The molecule has 0 aliphatic rings. The minimum absolute atomic E-state index is 0.0302. The number of benzene rings is 2. The number of hydrogen-bond donors (Lipinski definition) is 2. The summed E-state index contributed by atoms with van der Waals surface area (Å²) in [4.78, 5) is 52.2. The maximum Gasteiger partial charge on any atom is 0.341 e. The zero-order valence-corrected chi connectivity index (χ0v) is 24.8. The summed E-state index contributed by atoms with van der Waals surface area (Å²) in [5, 5.41) is 5.76. The number of aromatic nitrogens is 1. The van der Waals surface area contributed by atoms with Crippen molar-refractivity contribution in [1.82, 2.24) is 9.47 Å². The Hall–Kier alpha value is -4.00. The number of anilines is 3. The van der Waals surface area contributed by atoms with Crippen molar-refractivity contribution in [3.8, 4) is 11.1 Å². The minimum Gasteiger partial charge on any atom is -0.421 e. The fourth-order valence-corrected chi connectivity index (χ4v) is 4.90. The van der Waals surface area contributed by atoms with Gasteiger partial charge in [-0.2, -0.15) is 0 Å². The van der Waals surface area contributed by atoms with Gasteiger partial charge in [0.1, 0.15) is 11.2 Å². The van der Waals surface area contributed by atoms with Gasteiger partial charge in [0.05, 0.1) is 16.9 Å². The number of fused-ring (bicyclic) bond motifs is 1. The van der Waals surface area contributed by atoms with Crippen LogP contribution in [0.1, 0.15) is 25.1 Å². The summed E-state index contributed by atoms with van der Waals surface area (Å²) in [5.74, 6) is -0.969. The topological polar surface area (TPSA) is 114 Å². The van der Waals surface area contributed by atoms with Gasteiger partial charge in [0.15, 0.2) is 5.58 Å². The molecule has 0 unspecified atom stereocenters. The quantitative estimate of drug-likeness (QED) is 0.266. The Bertz CT molecular complexity index is 1780. The number of carbonyl (C=O) groups excluding carboxylic acids is 2. The normalized spacial score (nSPS) is 11.0. The maximum absolute atomic E-state index is 14.9. The van der Waals surface area contributed by atoms with Crippen molar-refractivity contribution in [2.75, 3.05) is 24.2 Å². The Morgan fingerprint density at radius 3 is 2.48 bits per heavy atom. The van der Waals surface area contributed by atoms with Crippen LogP contribution in [0, 0.1) is 23.2 Å². The molecule has 9 nitrogen and oxygen atoms in total. The lowest BCUT2D eigenvalue weighted by atomic mass is 9.99. The molecule has 0 bridgehead atoms. The zero-order chi connectivity index (χ0) is 29.3. The maximum atomic E-state index is 14.9. The van der Waals surface area contributed by atoms with E-state index >= 15 is 0 Å². The number of carbonyl (C=O) groups is 2. The van der Waals surface area contributed by atoms with Crippen LogP contribution in [0.25, 0.3) is 22.1 Å². The van der Waals surface area contributed by atoms with E-state index in [0.717, 1.165) is 0 Å². The van der Waals surface area contributed by atoms with E-state index in [1.165, 1.54) is 42.4 Å². The molecule has 0 aliphatic carbocycles. The fraction of sp³-hybridized carbons (Fsp3) is 0.241. The number of nitrogens with zero attached hydrogens (tertiary/aromatic N) is 2. The molecule has 2 heterocycles. The third kappa shape index (κ3) is 5.79. The number of halogens is 2. The van der Waals surface area contributed by atoms with Crippen molar-refractivity contribution in [2.24, 2.45) is 0 Å². The Morgan fingerprint density at radius 1 is 1.10 bits per heavy atom. The molecule has 40 heavy (non-hydrogen) atoms. The molecule has 0 fully saturated rings. The molecule has 4 aromatic rings. The molecule has 0 saturated heterocycles. The number of pyridine rings is 1. The number of nitrogens with one attached hydrogen (secondary N) is 2. The van der Waals surface area contributed by atoms with Crippen molar-refractivity contribution in [3.05, 3.63) is 83.9 Å². The lowest BCUT2D eigenvalue weighted by Gasteiger charge is -2.21. The van der Waals surface area contributed by atoms with Gasteiger partial charge in [-0.05, 0) is 72.3 Å². The number of hydrogen-bond acceptors (Lipinski definition) is 6. The van der Waals surface area contributed by atoms with E-state index in [9.17, 15) is 23.6 Å². The molecule has 0 spiro atoms. The molecule has 4 rings (SSSR count). The van der Waals surface area contributed by atoms with E-state index in [2.05, 4.69) is 10.6 Å². The van der Waals surface area contributed by atoms with Gasteiger partial charge in [-0.15, -0.1) is 0 Å². The summed E-state index contributed by atoms with van der Waals surface area (Å²) in [6, 6.07) is 11.5. The van der Waals surface area contributed by atoms with Crippen LogP contribution in [0.3, 0.4) is 0 Å². The second kappa shape index (κ2) is 11.6. The van der Waals surface area contributed by atoms with Crippen molar-refractivity contribution in [3.63, 3.8) is 0 Å². The van der Waals surface area contributed by atoms with Crippen molar-refractivity contribution >= 4 is 62.4 Å². The molecule has 0 aliphatic heterocycles. The van der Waals surface area contributed by atoms with E-state index < -0.39 is 17.0 Å². The fourth-order valence-electron chi connectivity index (χ4n) is 4.44. The molecule has 2 aromatic carbocycles. The van der Waals surface area contributed by atoms with Gasteiger partial charge in [-0.1, -0.05) is 12.1 Å². The average molecular weight is 658 g/mol. The number of likely N-dealkylation sites (N-methyl/N-ethyl adjacent to an activating group) is 1. The van der Waals surface area contributed by atoms with Crippen LogP contribution in [-0.2, 0) is 16.1 Å². The van der Waals surface area contributed by atoms with Gasteiger partial charge in [0.2, 0.25) is 11.8 Å². The predicted octanol–water partition coefficient (Wildman–Crippen LogP) is 5.16. The van der Waals surface area contributed by atoms with Gasteiger partial charge in [-0.3, -0.25) is 14.4 Å². The molecule has 208 valence electrons. The predicted molar refractivity (Wildman–Crippen MR) is 162 cm³/mol. The zero-order valence-electron chi connectivity index (χ0n) is 22.6. The van der Waals surface area contributed by atoms with Gasteiger partial charge in [-0.25, -0.2) is 9.18 Å². The summed E-state index contributed by atoms with van der Waals surface area (Å²) in [5.41, 5.74) is 1.25. The number of rotatable bonds is 7. The van der Waals surface area contributed by atoms with Crippen molar-refractivity contribution in [2.45, 2.75) is 34.2 Å². The van der Waals surface area contributed by atoms with E-state index in [-0.39, 0.29) is 52.8 Å².